The van der Waals surface area contributed by atoms with Crippen LogP contribution in [0.15, 0.2) is 18.2 Å². The third-order valence-corrected chi connectivity index (χ3v) is 6.71. The van der Waals surface area contributed by atoms with E-state index in [1.54, 1.807) is 29.8 Å². The fourth-order valence-corrected chi connectivity index (χ4v) is 4.51. The van der Waals surface area contributed by atoms with E-state index < -0.39 is 29.8 Å². The fraction of sp³-hybridized carbons (Fsp3) is 0.600. The Morgan fingerprint density at radius 2 is 1.92 bits per heavy atom. The van der Waals surface area contributed by atoms with Crippen molar-refractivity contribution in [3.05, 3.63) is 35.0 Å². The number of benzene rings is 1. The van der Waals surface area contributed by atoms with Crippen molar-refractivity contribution in [2.75, 3.05) is 13.7 Å². The monoisotopic (exact) mass is 545 g/mol. The first-order valence-corrected chi connectivity index (χ1v) is 12.8. The molecular weight excluding hydrogens is 511 g/mol. The molecule has 12 heteroatoms. The van der Waals surface area contributed by atoms with E-state index in [2.05, 4.69) is 17.3 Å². The van der Waals surface area contributed by atoms with E-state index in [0.717, 1.165) is 12.8 Å². The lowest BCUT2D eigenvalue weighted by Gasteiger charge is -2.34. The Hall–Kier alpha value is -2.73. The van der Waals surface area contributed by atoms with Gasteiger partial charge in [-0.3, -0.25) is 9.48 Å². The van der Waals surface area contributed by atoms with Gasteiger partial charge in [0.25, 0.3) is 5.91 Å². The largest absolute Gasteiger partial charge is 0.496 e. The lowest BCUT2D eigenvalue weighted by Crippen LogP contribution is -2.45. The minimum absolute atomic E-state index is 0.137. The van der Waals surface area contributed by atoms with Crippen LogP contribution in [0.2, 0.25) is 0 Å². The van der Waals surface area contributed by atoms with Gasteiger partial charge in [0.15, 0.2) is 5.69 Å². The predicted molar refractivity (Wildman–Crippen MR) is 133 cm³/mol. The minimum atomic E-state index is -4.23. The summed E-state index contributed by atoms with van der Waals surface area (Å²) in [5, 5.41) is 18.1. The first-order chi connectivity index (χ1) is 17.4. The average Bonchev–Trinajstić information content (AvgIpc) is 3.19. The van der Waals surface area contributed by atoms with Gasteiger partial charge in [-0.25, -0.2) is 0 Å². The van der Waals surface area contributed by atoms with E-state index in [-0.39, 0.29) is 24.6 Å². The number of amides is 1. The van der Waals surface area contributed by atoms with Gasteiger partial charge in [-0.1, -0.05) is 13.0 Å². The summed E-state index contributed by atoms with van der Waals surface area (Å²) in [6, 6.07) is 4.97. The third kappa shape index (κ3) is 8.39. The Labute approximate surface area is 218 Å². The number of nitrogens with one attached hydrogen (secondary N) is 1. The molecule has 1 aliphatic carbocycles. The van der Waals surface area contributed by atoms with E-state index in [0.29, 0.717) is 53.4 Å². The molecule has 1 heterocycles. The van der Waals surface area contributed by atoms with Crippen LogP contribution in [0.5, 0.6) is 5.75 Å². The van der Waals surface area contributed by atoms with E-state index in [1.165, 1.54) is 7.11 Å². The summed E-state index contributed by atoms with van der Waals surface area (Å²) in [7, 11) is 1.47. The van der Waals surface area contributed by atoms with E-state index in [4.69, 9.17) is 13.2 Å². The second-order valence-corrected chi connectivity index (χ2v) is 9.58. The Morgan fingerprint density at radius 3 is 2.46 bits per heavy atom. The molecule has 1 amide bonds. The fourth-order valence-electron chi connectivity index (χ4n) is 4.51. The maximum absolute atomic E-state index is 13.0. The zero-order valence-electron chi connectivity index (χ0n) is 21.5. The number of rotatable bonds is 8. The zero-order valence-corrected chi connectivity index (χ0v) is 22.3. The Balaban J connectivity index is 0.00000153. The van der Waals surface area contributed by atoms with Crippen molar-refractivity contribution < 1.29 is 36.2 Å². The summed E-state index contributed by atoms with van der Waals surface area (Å²) >= 11 is -0.750. The number of methoxy groups -OCH3 is 1. The van der Waals surface area contributed by atoms with Crippen LogP contribution in [0.4, 0.5) is 13.2 Å². The Morgan fingerprint density at radius 1 is 1.30 bits per heavy atom. The van der Waals surface area contributed by atoms with Crippen LogP contribution in [0.25, 0.3) is 11.3 Å². The van der Waals surface area contributed by atoms with Gasteiger partial charge < -0.3 is 15.2 Å². The molecule has 0 aliphatic heterocycles. The summed E-state index contributed by atoms with van der Waals surface area (Å²) in [5.74, 6) is 0.643. The molecule has 1 aromatic heterocycles. The predicted octanol–water partition coefficient (Wildman–Crippen LogP) is 4.38. The van der Waals surface area contributed by atoms with Crippen LogP contribution in [-0.4, -0.2) is 54.6 Å². The lowest BCUT2D eigenvalue weighted by atomic mass is 9.79. The van der Waals surface area contributed by atoms with Gasteiger partial charge >= 0.3 is 17.7 Å². The number of ether oxygens (including phenoxy) is 1. The van der Waals surface area contributed by atoms with Gasteiger partial charge in [0, 0.05) is 30.6 Å². The molecule has 37 heavy (non-hydrogen) atoms. The van der Waals surface area contributed by atoms with Crippen LogP contribution in [0.1, 0.15) is 67.6 Å². The maximum atomic E-state index is 13.0. The maximum Gasteiger partial charge on any atom is 0.389 e. The molecule has 1 aliphatic rings. The van der Waals surface area contributed by atoms with Gasteiger partial charge in [-0.05, 0) is 69.6 Å². The van der Waals surface area contributed by atoms with Crippen molar-refractivity contribution in [2.45, 2.75) is 77.6 Å². The van der Waals surface area contributed by atoms with Crippen LogP contribution < -0.4 is 10.1 Å². The van der Waals surface area contributed by atoms with Gasteiger partial charge in [-0.2, -0.15) is 26.7 Å². The highest BCUT2D eigenvalue weighted by molar-refractivity contribution is 7.51. The molecule has 8 nitrogen and oxygen atoms in total. The smallest absolute Gasteiger partial charge is 0.389 e. The molecule has 0 spiro atoms. The second kappa shape index (κ2) is 13.2. The number of halogens is 3. The van der Waals surface area contributed by atoms with Crippen molar-refractivity contribution in [2.24, 2.45) is 5.92 Å². The molecule has 2 N–H and O–H groups in total. The molecule has 206 valence electrons. The third-order valence-electron chi connectivity index (χ3n) is 6.71. The molecule has 1 saturated carbocycles. The average molecular weight is 546 g/mol. The Bertz CT molecular complexity index is 1110. The Kier molecular flexibility index (Phi) is 10.9. The molecular formula is C25H34F3N3O5S. The molecule has 0 unspecified atom stereocenters. The summed E-state index contributed by atoms with van der Waals surface area (Å²) in [4.78, 5) is 13.0. The van der Waals surface area contributed by atoms with Crippen LogP contribution in [0.3, 0.4) is 0 Å². The second-order valence-electron chi connectivity index (χ2n) is 9.45. The number of carbonyl (C=O) groups is 1. The van der Waals surface area contributed by atoms with E-state index >= 15 is 0 Å². The summed E-state index contributed by atoms with van der Waals surface area (Å²) in [6.07, 6.45) is -2.11. The highest BCUT2D eigenvalue weighted by atomic mass is 32.1. The minimum Gasteiger partial charge on any atom is -0.496 e. The molecule has 0 atom stereocenters. The topological polar surface area (TPSA) is 111 Å². The number of carbonyl (C=O) groups excluding carboxylic acids is 1. The number of nitrogens with zero attached hydrogens (tertiary/aromatic N) is 2. The highest BCUT2D eigenvalue weighted by Crippen LogP contribution is 2.36. The van der Waals surface area contributed by atoms with Crippen LogP contribution in [0, 0.1) is 12.8 Å². The molecule has 1 aromatic carbocycles. The molecule has 3 rings (SSSR count). The lowest BCUT2D eigenvalue weighted by molar-refractivity contribution is -0.134. The van der Waals surface area contributed by atoms with Crippen molar-refractivity contribution >= 4 is 17.5 Å². The highest BCUT2D eigenvalue weighted by Gasteiger charge is 2.33. The SMILES string of the molecule is CCn1nc(C(=O)NCC2(O)CCC(C)CC2)c(C)c1-c1ccc(CCC(F)(F)F)cc1OC.O=S=O. The first-order valence-electron chi connectivity index (χ1n) is 12.1. The van der Waals surface area contributed by atoms with Crippen LogP contribution >= 0.6 is 0 Å². The van der Waals surface area contributed by atoms with Crippen LogP contribution in [-0.2, 0) is 24.5 Å². The molecule has 0 radical (unpaired) electrons. The number of alkyl halides is 3. The van der Waals surface area contributed by atoms with Gasteiger partial charge in [-0.15, -0.1) is 0 Å². The van der Waals surface area contributed by atoms with E-state index in [9.17, 15) is 23.1 Å². The van der Waals surface area contributed by atoms with Crippen molar-refractivity contribution in [3.8, 4) is 17.0 Å². The molecule has 0 saturated heterocycles. The van der Waals surface area contributed by atoms with Gasteiger partial charge in [0.05, 0.1) is 18.4 Å². The normalized spacial score (nSPS) is 19.5. The van der Waals surface area contributed by atoms with Crippen molar-refractivity contribution in [1.29, 1.82) is 0 Å². The molecule has 1 fully saturated rings. The van der Waals surface area contributed by atoms with Crippen molar-refractivity contribution in [3.63, 3.8) is 0 Å². The van der Waals surface area contributed by atoms with E-state index in [1.807, 2.05) is 6.92 Å². The molecule has 2 aromatic rings. The number of aliphatic hydroxyl groups is 1. The number of aromatic nitrogens is 2. The standard InChI is InChI=1S/C25H34F3N3O3.O2S/c1-5-31-22(19-7-6-18(14-20(19)34-4)10-13-25(26,27)28)17(3)21(30-31)23(32)29-15-24(33)11-8-16(2)9-12-24;1-3-2/h6-7,14,16,33H,5,8-13,15H2,1-4H3,(H,29,32);. The van der Waals surface area contributed by atoms with Gasteiger partial charge in [0.1, 0.15) is 5.75 Å². The molecule has 0 bridgehead atoms. The first kappa shape index (κ1) is 30.5. The van der Waals surface area contributed by atoms with Crippen molar-refractivity contribution in [1.82, 2.24) is 15.1 Å². The summed E-state index contributed by atoms with van der Waals surface area (Å²) in [5.41, 5.74) is 1.85. The quantitative estimate of drug-likeness (QED) is 0.509. The van der Waals surface area contributed by atoms with Gasteiger partial charge in [0.2, 0.25) is 0 Å². The number of aryl methyl sites for hydroxylation is 2. The number of hydrogen-bond acceptors (Lipinski definition) is 6. The summed E-state index contributed by atoms with van der Waals surface area (Å²) < 4.78 is 61.6. The summed E-state index contributed by atoms with van der Waals surface area (Å²) in [6.45, 7) is 6.51. The zero-order chi connectivity index (χ0) is 27.8. The number of hydrogen-bond donors (Lipinski definition) is 2.